The van der Waals surface area contributed by atoms with Crippen LogP contribution in [0.15, 0.2) is 29.3 Å². The number of anilines is 1. The van der Waals surface area contributed by atoms with Gasteiger partial charge in [0.15, 0.2) is 5.96 Å². The van der Waals surface area contributed by atoms with Crippen LogP contribution in [-0.4, -0.2) is 55.5 Å². The van der Waals surface area contributed by atoms with Gasteiger partial charge in [-0.25, -0.2) is 0 Å². The van der Waals surface area contributed by atoms with E-state index in [1.54, 1.807) is 13.1 Å². The second kappa shape index (κ2) is 9.98. The molecule has 146 valence electrons. The predicted octanol–water partition coefficient (Wildman–Crippen LogP) is 2.04. The fourth-order valence-corrected chi connectivity index (χ4v) is 3.19. The number of nitrogens with zero attached hydrogens (tertiary/aromatic N) is 2. The minimum atomic E-state index is -0.151. The highest BCUT2D eigenvalue weighted by atomic mass is 16.1. The fourth-order valence-electron chi connectivity index (χ4n) is 3.19. The van der Waals surface area contributed by atoms with Crippen LogP contribution in [0.1, 0.15) is 38.7 Å². The molecule has 0 unspecified atom stereocenters. The number of hydrogen-bond donors (Lipinski definition) is 3. The number of guanidine groups is 1. The molecule has 3 N–H and O–H groups in total. The first-order valence-corrected chi connectivity index (χ1v) is 9.51. The number of benzene rings is 1. The number of carbonyl (C=O) groups is 1. The quantitative estimate of drug-likeness (QED) is 0.408. The van der Waals surface area contributed by atoms with Crippen LogP contribution < -0.4 is 16.0 Å². The zero-order chi connectivity index (χ0) is 19.7. The monoisotopic (exact) mass is 369 g/mol. The number of carbonyl (C=O) groups excluding carboxylic acids is 1. The molecule has 1 aliphatic rings. The lowest BCUT2D eigenvalue weighted by Gasteiger charge is -2.41. The number of terminal acetylenes is 1. The SMILES string of the molecule is C#Cc1cccc(NC(=O)CNC(=NC)NCC(C)(C)N2CCCCC2)c1. The number of likely N-dealkylation sites (tertiary alicyclic amines) is 1. The minimum absolute atomic E-state index is 0.0377. The molecule has 6 nitrogen and oxygen atoms in total. The normalized spacial score (nSPS) is 15.7. The van der Waals surface area contributed by atoms with Gasteiger partial charge in [0.25, 0.3) is 0 Å². The van der Waals surface area contributed by atoms with Crippen LogP contribution in [0, 0.1) is 12.3 Å². The van der Waals surface area contributed by atoms with Gasteiger partial charge in [-0.15, -0.1) is 6.42 Å². The van der Waals surface area contributed by atoms with Gasteiger partial charge >= 0.3 is 0 Å². The molecular weight excluding hydrogens is 338 g/mol. The molecular formula is C21H31N5O. The van der Waals surface area contributed by atoms with E-state index in [0.717, 1.165) is 25.2 Å². The Morgan fingerprint density at radius 3 is 2.67 bits per heavy atom. The van der Waals surface area contributed by atoms with Gasteiger partial charge in [0, 0.05) is 30.4 Å². The molecule has 1 fully saturated rings. The molecule has 0 aromatic heterocycles. The van der Waals surface area contributed by atoms with E-state index in [1.165, 1.54) is 19.3 Å². The smallest absolute Gasteiger partial charge is 0.243 e. The zero-order valence-corrected chi connectivity index (χ0v) is 16.6. The summed E-state index contributed by atoms with van der Waals surface area (Å²) in [5.41, 5.74) is 1.46. The maximum absolute atomic E-state index is 12.2. The number of amides is 1. The number of piperidine rings is 1. The van der Waals surface area contributed by atoms with Crippen molar-refractivity contribution in [3.05, 3.63) is 29.8 Å². The summed E-state index contributed by atoms with van der Waals surface area (Å²) in [4.78, 5) is 18.9. The van der Waals surface area contributed by atoms with Crippen LogP contribution in [0.4, 0.5) is 5.69 Å². The number of hydrogen-bond acceptors (Lipinski definition) is 3. The summed E-state index contributed by atoms with van der Waals surface area (Å²) in [5, 5.41) is 9.23. The number of nitrogens with one attached hydrogen (secondary N) is 3. The highest BCUT2D eigenvalue weighted by Crippen LogP contribution is 2.19. The van der Waals surface area contributed by atoms with Crippen LogP contribution in [0.3, 0.4) is 0 Å². The van der Waals surface area contributed by atoms with Crippen molar-refractivity contribution in [1.29, 1.82) is 0 Å². The average Bonchev–Trinajstić information content (AvgIpc) is 2.69. The minimum Gasteiger partial charge on any atom is -0.355 e. The van der Waals surface area contributed by atoms with E-state index in [-0.39, 0.29) is 18.0 Å². The Kier molecular flexibility index (Phi) is 7.68. The lowest BCUT2D eigenvalue weighted by molar-refractivity contribution is -0.115. The molecule has 1 amide bonds. The van der Waals surface area contributed by atoms with E-state index < -0.39 is 0 Å². The molecule has 0 atom stereocenters. The third-order valence-corrected chi connectivity index (χ3v) is 4.85. The van der Waals surface area contributed by atoms with Gasteiger partial charge in [-0.05, 0) is 58.0 Å². The van der Waals surface area contributed by atoms with Gasteiger partial charge < -0.3 is 16.0 Å². The third-order valence-electron chi connectivity index (χ3n) is 4.85. The van der Waals surface area contributed by atoms with Crippen LogP contribution in [0.2, 0.25) is 0 Å². The van der Waals surface area contributed by atoms with Gasteiger partial charge in [0.2, 0.25) is 5.91 Å². The van der Waals surface area contributed by atoms with Gasteiger partial charge in [0.05, 0.1) is 6.54 Å². The largest absolute Gasteiger partial charge is 0.355 e. The molecule has 2 rings (SSSR count). The Labute approximate surface area is 162 Å². The molecule has 1 aromatic rings. The second-order valence-electron chi connectivity index (χ2n) is 7.41. The van der Waals surface area contributed by atoms with E-state index in [0.29, 0.717) is 11.6 Å². The molecule has 1 heterocycles. The van der Waals surface area contributed by atoms with Crippen molar-refractivity contribution < 1.29 is 4.79 Å². The molecule has 1 aliphatic heterocycles. The highest BCUT2D eigenvalue weighted by molar-refractivity contribution is 5.95. The van der Waals surface area contributed by atoms with Crippen LogP contribution in [-0.2, 0) is 4.79 Å². The molecule has 1 saturated heterocycles. The molecule has 1 aromatic carbocycles. The molecule has 0 aliphatic carbocycles. The summed E-state index contributed by atoms with van der Waals surface area (Å²) in [7, 11) is 1.71. The van der Waals surface area contributed by atoms with Gasteiger partial charge in [-0.2, -0.15) is 0 Å². The first-order chi connectivity index (χ1) is 12.9. The molecule has 27 heavy (non-hydrogen) atoms. The van der Waals surface area contributed by atoms with Gasteiger partial charge in [0.1, 0.15) is 0 Å². The fraction of sp³-hybridized carbons (Fsp3) is 0.524. The Morgan fingerprint density at radius 1 is 1.26 bits per heavy atom. The molecule has 0 bridgehead atoms. The average molecular weight is 370 g/mol. The predicted molar refractivity (Wildman–Crippen MR) is 112 cm³/mol. The van der Waals surface area contributed by atoms with Gasteiger partial charge in [-0.1, -0.05) is 18.4 Å². The van der Waals surface area contributed by atoms with Crippen molar-refractivity contribution in [1.82, 2.24) is 15.5 Å². The highest BCUT2D eigenvalue weighted by Gasteiger charge is 2.27. The maximum atomic E-state index is 12.2. The Hall–Kier alpha value is -2.52. The summed E-state index contributed by atoms with van der Waals surface area (Å²) in [6, 6.07) is 7.23. The summed E-state index contributed by atoms with van der Waals surface area (Å²) >= 11 is 0. The molecule has 0 spiro atoms. The van der Waals surface area contributed by atoms with Crippen molar-refractivity contribution in [2.75, 3.05) is 38.5 Å². The maximum Gasteiger partial charge on any atom is 0.243 e. The first kappa shape index (κ1) is 20.8. The van der Waals surface area contributed by atoms with Crippen LogP contribution in [0.25, 0.3) is 0 Å². The van der Waals surface area contributed by atoms with Crippen LogP contribution in [0.5, 0.6) is 0 Å². The third kappa shape index (κ3) is 6.61. The molecule has 0 radical (unpaired) electrons. The summed E-state index contributed by atoms with van der Waals surface area (Å²) < 4.78 is 0. The topological polar surface area (TPSA) is 68.8 Å². The summed E-state index contributed by atoms with van der Waals surface area (Å²) in [6.07, 6.45) is 9.23. The Balaban J connectivity index is 1.79. The first-order valence-electron chi connectivity index (χ1n) is 9.51. The van der Waals surface area contributed by atoms with Crippen molar-refractivity contribution in [2.24, 2.45) is 4.99 Å². The van der Waals surface area contributed by atoms with Crippen molar-refractivity contribution in [3.63, 3.8) is 0 Å². The number of rotatable bonds is 6. The number of aliphatic imine (C=N–C) groups is 1. The van der Waals surface area contributed by atoms with Gasteiger partial charge in [-0.3, -0.25) is 14.7 Å². The van der Waals surface area contributed by atoms with Crippen LogP contribution >= 0.6 is 0 Å². The van der Waals surface area contributed by atoms with E-state index >= 15 is 0 Å². The molecule has 6 heteroatoms. The lowest BCUT2D eigenvalue weighted by Crippen LogP contribution is -2.55. The zero-order valence-electron chi connectivity index (χ0n) is 16.6. The van der Waals surface area contributed by atoms with E-state index in [2.05, 4.69) is 45.6 Å². The van der Waals surface area contributed by atoms with E-state index in [1.807, 2.05) is 18.2 Å². The second-order valence-corrected chi connectivity index (χ2v) is 7.41. The van der Waals surface area contributed by atoms with E-state index in [4.69, 9.17) is 6.42 Å². The van der Waals surface area contributed by atoms with Crippen molar-refractivity contribution in [2.45, 2.75) is 38.6 Å². The van der Waals surface area contributed by atoms with Crippen molar-refractivity contribution >= 4 is 17.6 Å². The summed E-state index contributed by atoms with van der Waals surface area (Å²) in [5.74, 6) is 3.03. The lowest BCUT2D eigenvalue weighted by atomic mass is 9.98. The van der Waals surface area contributed by atoms with E-state index in [9.17, 15) is 4.79 Å². The summed E-state index contributed by atoms with van der Waals surface area (Å²) in [6.45, 7) is 7.65. The van der Waals surface area contributed by atoms with Crippen molar-refractivity contribution in [3.8, 4) is 12.3 Å². The standard InChI is InChI=1S/C21H31N5O/c1-5-17-10-9-11-18(14-17)25-19(27)15-23-20(22-4)24-16-21(2,3)26-12-7-6-8-13-26/h1,9-11,14H,6-8,12-13,15-16H2,2-4H3,(H,25,27)(H2,22,23,24). The Bertz CT molecular complexity index is 699. The molecule has 0 saturated carbocycles. The Morgan fingerprint density at radius 2 is 2.00 bits per heavy atom.